The summed E-state index contributed by atoms with van der Waals surface area (Å²) in [7, 11) is 0. The maximum atomic E-state index is 12.8. The Morgan fingerprint density at radius 1 is 1.03 bits per heavy atom. The number of fused-ring (bicyclic) bond motifs is 1. The Morgan fingerprint density at radius 2 is 1.81 bits per heavy atom. The smallest absolute Gasteiger partial charge is 0.201 e. The van der Waals surface area contributed by atoms with E-state index >= 15 is 0 Å². The number of rotatable bonds is 13. The number of halogens is 1. The number of anilines is 1. The van der Waals surface area contributed by atoms with E-state index in [-0.39, 0.29) is 29.4 Å². The lowest BCUT2D eigenvalue weighted by molar-refractivity contribution is 0.0993. The van der Waals surface area contributed by atoms with Crippen molar-refractivity contribution >= 4 is 39.7 Å². The SMILES string of the molecule is Br.CCCCCCCc1ccc(C(=O)Cc2cccc3[nH]c(NCCCO)nc23)cc1. The molecule has 0 unspecified atom stereocenters. The molecule has 0 fully saturated rings. The summed E-state index contributed by atoms with van der Waals surface area (Å²) in [4.78, 5) is 20.7. The van der Waals surface area contributed by atoms with Crippen molar-refractivity contribution in [2.75, 3.05) is 18.5 Å². The van der Waals surface area contributed by atoms with Crippen molar-refractivity contribution in [1.29, 1.82) is 0 Å². The lowest BCUT2D eigenvalue weighted by atomic mass is 9.99. The Kier molecular flexibility index (Phi) is 10.7. The molecule has 0 saturated heterocycles. The number of unbranched alkanes of at least 4 members (excludes halogenated alkanes) is 4. The molecule has 0 amide bonds. The molecular formula is C25H34BrN3O2. The van der Waals surface area contributed by atoms with Crippen molar-refractivity contribution in [2.45, 2.75) is 58.3 Å². The number of hydrogen-bond acceptors (Lipinski definition) is 4. The zero-order chi connectivity index (χ0) is 21.2. The summed E-state index contributed by atoms with van der Waals surface area (Å²) in [6.07, 6.45) is 8.45. The van der Waals surface area contributed by atoms with Crippen molar-refractivity contribution in [3.63, 3.8) is 0 Å². The minimum Gasteiger partial charge on any atom is -0.396 e. The van der Waals surface area contributed by atoms with Crippen LogP contribution in [0.2, 0.25) is 0 Å². The number of H-pyrrole nitrogens is 1. The minimum absolute atomic E-state index is 0. The summed E-state index contributed by atoms with van der Waals surface area (Å²) < 4.78 is 0. The Hall–Kier alpha value is -2.18. The molecule has 0 spiro atoms. The highest BCUT2D eigenvalue weighted by Crippen LogP contribution is 2.21. The molecule has 0 atom stereocenters. The summed E-state index contributed by atoms with van der Waals surface area (Å²) in [6, 6.07) is 14.0. The molecule has 3 rings (SSSR count). The van der Waals surface area contributed by atoms with Crippen LogP contribution in [-0.4, -0.2) is 34.0 Å². The summed E-state index contributed by atoms with van der Waals surface area (Å²) in [5, 5.41) is 12.1. The van der Waals surface area contributed by atoms with Gasteiger partial charge < -0.3 is 15.4 Å². The average Bonchev–Trinajstić information content (AvgIpc) is 3.18. The van der Waals surface area contributed by atoms with E-state index < -0.39 is 0 Å². The highest BCUT2D eigenvalue weighted by Gasteiger charge is 2.12. The quantitative estimate of drug-likeness (QED) is 0.208. The zero-order valence-electron chi connectivity index (χ0n) is 18.3. The first kappa shape index (κ1) is 25.1. The fourth-order valence-electron chi connectivity index (χ4n) is 3.67. The molecule has 0 aliphatic carbocycles. The molecule has 0 aliphatic heterocycles. The Balaban J connectivity index is 0.00000341. The number of carbonyl (C=O) groups is 1. The van der Waals surface area contributed by atoms with Gasteiger partial charge in [-0.25, -0.2) is 4.98 Å². The van der Waals surface area contributed by atoms with Gasteiger partial charge in [0.1, 0.15) is 0 Å². The third-order valence-corrected chi connectivity index (χ3v) is 5.42. The molecule has 1 heterocycles. The number of hydrogen-bond donors (Lipinski definition) is 3. The van der Waals surface area contributed by atoms with Crippen LogP contribution in [0.1, 0.15) is 66.9 Å². The lowest BCUT2D eigenvalue weighted by Gasteiger charge is -2.05. The molecule has 5 nitrogen and oxygen atoms in total. The van der Waals surface area contributed by atoms with E-state index in [4.69, 9.17) is 5.11 Å². The van der Waals surface area contributed by atoms with Crippen molar-refractivity contribution in [2.24, 2.45) is 0 Å². The van der Waals surface area contributed by atoms with Gasteiger partial charge in [-0.3, -0.25) is 4.79 Å². The topological polar surface area (TPSA) is 78.0 Å². The molecule has 31 heavy (non-hydrogen) atoms. The second kappa shape index (κ2) is 13.3. The molecule has 168 valence electrons. The predicted molar refractivity (Wildman–Crippen MR) is 134 cm³/mol. The number of carbonyl (C=O) groups excluding carboxylic acids is 1. The van der Waals surface area contributed by atoms with Crippen LogP contribution in [0.4, 0.5) is 5.95 Å². The highest BCUT2D eigenvalue weighted by atomic mass is 79.9. The number of aliphatic hydroxyl groups excluding tert-OH is 1. The van der Waals surface area contributed by atoms with Gasteiger partial charge in [-0.05, 0) is 36.5 Å². The second-order valence-electron chi connectivity index (χ2n) is 7.86. The highest BCUT2D eigenvalue weighted by molar-refractivity contribution is 8.93. The van der Waals surface area contributed by atoms with Crippen LogP contribution >= 0.6 is 17.0 Å². The van der Waals surface area contributed by atoms with Crippen LogP contribution in [0.3, 0.4) is 0 Å². The monoisotopic (exact) mass is 487 g/mol. The van der Waals surface area contributed by atoms with Crippen LogP contribution in [0.25, 0.3) is 11.0 Å². The van der Waals surface area contributed by atoms with Crippen LogP contribution in [0.15, 0.2) is 42.5 Å². The van der Waals surface area contributed by atoms with Gasteiger partial charge in [0, 0.05) is 25.1 Å². The molecule has 0 saturated carbocycles. The van der Waals surface area contributed by atoms with E-state index in [1.807, 2.05) is 30.3 Å². The van der Waals surface area contributed by atoms with Gasteiger partial charge in [-0.15, -0.1) is 17.0 Å². The second-order valence-corrected chi connectivity index (χ2v) is 7.86. The van der Waals surface area contributed by atoms with Gasteiger partial charge in [0.05, 0.1) is 11.0 Å². The zero-order valence-corrected chi connectivity index (χ0v) is 20.0. The standard InChI is InChI=1S/C25H33N3O2.BrH/c1-2-3-4-5-6-9-19-12-14-20(15-13-19)23(30)18-21-10-7-11-22-24(21)28-25(27-22)26-16-8-17-29;/h7,10-15,29H,2-6,8-9,16-18H2,1H3,(H2,26,27,28);1H. The normalized spacial score (nSPS) is 10.8. The predicted octanol–water partition coefficient (Wildman–Crippen LogP) is 5.87. The Morgan fingerprint density at radius 3 is 2.55 bits per heavy atom. The third kappa shape index (κ3) is 7.47. The van der Waals surface area contributed by atoms with Crippen molar-refractivity contribution in [3.8, 4) is 0 Å². The number of Topliss-reactive ketones (excluding diaryl/α,β-unsaturated/α-hetero) is 1. The third-order valence-electron chi connectivity index (χ3n) is 5.42. The number of ketones is 1. The molecule has 3 aromatic rings. The van der Waals surface area contributed by atoms with Crippen LogP contribution in [0.5, 0.6) is 0 Å². The van der Waals surface area contributed by atoms with Crippen LogP contribution < -0.4 is 5.32 Å². The maximum absolute atomic E-state index is 12.8. The summed E-state index contributed by atoms with van der Waals surface area (Å²) in [5.41, 5.74) is 4.70. The number of benzene rings is 2. The van der Waals surface area contributed by atoms with Gasteiger partial charge in [0.25, 0.3) is 0 Å². The van der Waals surface area contributed by atoms with E-state index in [1.54, 1.807) is 0 Å². The first-order chi connectivity index (χ1) is 14.7. The minimum atomic E-state index is 0. The number of aryl methyl sites for hydroxylation is 1. The van der Waals surface area contributed by atoms with E-state index in [0.29, 0.717) is 25.3 Å². The van der Waals surface area contributed by atoms with Gasteiger partial charge in [-0.1, -0.05) is 69.0 Å². The van der Waals surface area contributed by atoms with Gasteiger partial charge in [0.2, 0.25) is 5.95 Å². The molecule has 0 aliphatic rings. The number of para-hydroxylation sites is 1. The average molecular weight is 488 g/mol. The Labute approximate surface area is 195 Å². The summed E-state index contributed by atoms with van der Waals surface area (Å²) in [5.74, 6) is 0.774. The van der Waals surface area contributed by atoms with E-state index in [9.17, 15) is 4.79 Å². The fourth-order valence-corrected chi connectivity index (χ4v) is 3.67. The Bertz CT molecular complexity index is 938. The number of imidazole rings is 1. The number of aromatic nitrogens is 2. The number of aliphatic hydroxyl groups is 1. The van der Waals surface area contributed by atoms with E-state index in [1.165, 1.54) is 37.7 Å². The molecule has 6 heteroatoms. The molecule has 1 aromatic heterocycles. The summed E-state index contributed by atoms with van der Waals surface area (Å²) >= 11 is 0. The first-order valence-corrected chi connectivity index (χ1v) is 11.2. The van der Waals surface area contributed by atoms with E-state index in [2.05, 4.69) is 34.3 Å². The maximum Gasteiger partial charge on any atom is 0.201 e. The van der Waals surface area contributed by atoms with E-state index in [0.717, 1.165) is 28.6 Å². The van der Waals surface area contributed by atoms with Crippen molar-refractivity contribution in [3.05, 3.63) is 59.2 Å². The van der Waals surface area contributed by atoms with Crippen LogP contribution in [-0.2, 0) is 12.8 Å². The molecule has 3 N–H and O–H groups in total. The number of nitrogens with one attached hydrogen (secondary N) is 2. The molecule has 2 aromatic carbocycles. The molecule has 0 radical (unpaired) electrons. The lowest BCUT2D eigenvalue weighted by Crippen LogP contribution is -2.05. The van der Waals surface area contributed by atoms with Crippen molar-refractivity contribution < 1.29 is 9.90 Å². The van der Waals surface area contributed by atoms with Gasteiger partial charge in [0.15, 0.2) is 5.78 Å². The van der Waals surface area contributed by atoms with Gasteiger partial charge >= 0.3 is 0 Å². The number of nitrogens with zero attached hydrogens (tertiary/aromatic N) is 1. The molecule has 0 bridgehead atoms. The van der Waals surface area contributed by atoms with Gasteiger partial charge in [-0.2, -0.15) is 0 Å². The molecular weight excluding hydrogens is 454 g/mol. The summed E-state index contributed by atoms with van der Waals surface area (Å²) in [6.45, 7) is 3.03. The van der Waals surface area contributed by atoms with Crippen molar-refractivity contribution in [1.82, 2.24) is 9.97 Å². The fraction of sp³-hybridized carbons (Fsp3) is 0.440. The van der Waals surface area contributed by atoms with Crippen LogP contribution in [0, 0.1) is 0 Å². The largest absolute Gasteiger partial charge is 0.396 e. The first-order valence-electron chi connectivity index (χ1n) is 11.2. The number of aromatic amines is 1.